The van der Waals surface area contributed by atoms with E-state index < -0.39 is 16.2 Å². The van der Waals surface area contributed by atoms with Crippen LogP contribution in [0.1, 0.15) is 128 Å². The monoisotopic (exact) mass is 557 g/mol. The molecule has 0 saturated heterocycles. The van der Waals surface area contributed by atoms with Gasteiger partial charge in [0.1, 0.15) is 6.07 Å². The maximum absolute atomic E-state index is 13.2. The first-order valence-corrected chi connectivity index (χ1v) is 15.1. The van der Waals surface area contributed by atoms with Crippen molar-refractivity contribution in [3.05, 3.63) is 23.3 Å². The van der Waals surface area contributed by atoms with Crippen molar-refractivity contribution in [2.45, 2.75) is 128 Å². The van der Waals surface area contributed by atoms with E-state index in [2.05, 4.69) is 54.5 Å². The number of carbonyl (C=O) groups is 3. The molecule has 0 N–H and O–H groups in total. The molecule has 4 nitrogen and oxygen atoms in total. The minimum Gasteiger partial charge on any atom is -0.295 e. The highest BCUT2D eigenvalue weighted by Gasteiger charge is 2.61. The maximum atomic E-state index is 13.2. The summed E-state index contributed by atoms with van der Waals surface area (Å²) in [5.74, 6) is -0.158. The van der Waals surface area contributed by atoms with Crippen LogP contribution >= 0.6 is 11.6 Å². The van der Waals surface area contributed by atoms with Gasteiger partial charge in [-0.1, -0.05) is 87.3 Å². The molecule has 0 unspecified atom stereocenters. The van der Waals surface area contributed by atoms with Crippen LogP contribution in [-0.4, -0.2) is 16.8 Å². The number of nitrogens with zero attached hydrogens (tertiary/aromatic N) is 1. The Bertz CT molecular complexity index is 1100. The Morgan fingerprint density at radius 1 is 1.05 bits per heavy atom. The summed E-state index contributed by atoms with van der Waals surface area (Å²) in [4.78, 5) is 38.6. The van der Waals surface area contributed by atoms with Crippen LogP contribution in [0.15, 0.2) is 23.3 Å². The van der Waals surface area contributed by atoms with Crippen LogP contribution in [0.25, 0.3) is 0 Å². The third-order valence-corrected chi connectivity index (χ3v) is 11.5. The average molecular weight is 558 g/mol. The van der Waals surface area contributed by atoms with Crippen molar-refractivity contribution in [2.75, 3.05) is 0 Å². The minimum absolute atomic E-state index is 0.0143. The first-order chi connectivity index (χ1) is 17.6. The van der Waals surface area contributed by atoms with E-state index in [0.717, 1.165) is 50.5 Å². The van der Waals surface area contributed by atoms with E-state index in [1.54, 1.807) is 13.0 Å². The number of ketones is 2. The second-order valence-electron chi connectivity index (χ2n) is 15.2. The molecule has 1 saturated carbocycles. The third kappa shape index (κ3) is 6.29. The Kier molecular flexibility index (Phi) is 9.67. The lowest BCUT2D eigenvalue weighted by Gasteiger charge is -2.61. The number of hydrogen-bond acceptors (Lipinski definition) is 4. The summed E-state index contributed by atoms with van der Waals surface area (Å²) in [5.41, 5.74) is -1.25. The summed E-state index contributed by atoms with van der Waals surface area (Å²) in [6, 6.07) is 2.15. The molecule has 4 atom stereocenters. The van der Waals surface area contributed by atoms with Gasteiger partial charge in [0.25, 0.3) is 0 Å². The largest absolute Gasteiger partial charge is 0.295 e. The van der Waals surface area contributed by atoms with E-state index in [1.165, 1.54) is 0 Å². The van der Waals surface area contributed by atoms with E-state index in [4.69, 9.17) is 11.6 Å². The quantitative estimate of drug-likeness (QED) is 0.187. The van der Waals surface area contributed by atoms with Crippen molar-refractivity contribution >= 4 is 28.4 Å². The molecule has 0 spiro atoms. The molecule has 0 aromatic heterocycles. The minimum atomic E-state index is -0.704. The fraction of sp³-hybridized carbons (Fsp3) is 0.765. The van der Waals surface area contributed by atoms with Crippen LogP contribution in [0.5, 0.6) is 0 Å². The molecule has 0 amide bonds. The van der Waals surface area contributed by atoms with E-state index in [0.29, 0.717) is 6.42 Å². The summed E-state index contributed by atoms with van der Waals surface area (Å²) >= 11 is 6.26. The summed E-state index contributed by atoms with van der Waals surface area (Å²) in [6.45, 7) is 23.0. The molecule has 0 heterocycles. The van der Waals surface area contributed by atoms with Gasteiger partial charge < -0.3 is 0 Å². The second kappa shape index (κ2) is 11.3. The average Bonchev–Trinajstić information content (AvgIpc) is 2.81. The highest BCUT2D eigenvalue weighted by Crippen LogP contribution is 2.67. The lowest BCUT2D eigenvalue weighted by molar-refractivity contribution is -0.131. The fourth-order valence-corrected chi connectivity index (χ4v) is 7.90. The summed E-state index contributed by atoms with van der Waals surface area (Å²) in [7, 11) is 0. The lowest BCUT2D eigenvalue weighted by atomic mass is 9.42. The lowest BCUT2D eigenvalue weighted by Crippen LogP contribution is -2.55. The molecule has 2 aliphatic rings. The zero-order chi connectivity index (χ0) is 30.2. The summed E-state index contributed by atoms with van der Waals surface area (Å²) < 4.78 is 0. The molecular formula is C34H52ClNO3. The Hall–Kier alpha value is -1.73. The van der Waals surface area contributed by atoms with Crippen molar-refractivity contribution in [2.24, 2.45) is 38.4 Å². The van der Waals surface area contributed by atoms with Crippen LogP contribution in [0.2, 0.25) is 0 Å². The van der Waals surface area contributed by atoms with Gasteiger partial charge in [0.2, 0.25) is 5.24 Å². The maximum Gasteiger partial charge on any atom is 0.227 e. The van der Waals surface area contributed by atoms with Gasteiger partial charge in [-0.2, -0.15) is 5.26 Å². The standard InChI is InChI=1S/C34H52ClNO3/c1-12-14-29(3,4)16-18-32(9,28(35)39)19-17-30(5,6)34(11)15-13-25-31(7,8)27(38)24(22-36)21-33(25,10)26(34)20-23(2)37/h20-21,25H,12-19H2,1-11H3/b26-20-/t25-,32-,33-,34+/m0/s1. The van der Waals surface area contributed by atoms with Crippen LogP contribution in [0.3, 0.4) is 0 Å². The van der Waals surface area contributed by atoms with Gasteiger partial charge in [-0.05, 0) is 91.7 Å². The van der Waals surface area contributed by atoms with E-state index in [-0.39, 0.29) is 44.5 Å². The number of rotatable bonds is 11. The molecule has 2 rings (SSSR count). The van der Waals surface area contributed by atoms with Crippen molar-refractivity contribution in [3.63, 3.8) is 0 Å². The van der Waals surface area contributed by atoms with Gasteiger partial charge in [-0.25, -0.2) is 0 Å². The molecule has 0 aromatic rings. The number of hydrogen-bond donors (Lipinski definition) is 0. The number of halogens is 1. The van der Waals surface area contributed by atoms with Crippen molar-refractivity contribution < 1.29 is 14.4 Å². The fourth-order valence-electron chi connectivity index (χ4n) is 7.72. The smallest absolute Gasteiger partial charge is 0.227 e. The molecule has 2 aliphatic carbocycles. The molecular weight excluding hydrogens is 506 g/mol. The Labute approximate surface area is 243 Å². The molecule has 39 heavy (non-hydrogen) atoms. The van der Waals surface area contributed by atoms with Gasteiger partial charge in [-0.15, -0.1) is 0 Å². The van der Waals surface area contributed by atoms with Crippen molar-refractivity contribution in [3.8, 4) is 6.07 Å². The van der Waals surface area contributed by atoms with Crippen molar-refractivity contribution in [1.29, 1.82) is 5.26 Å². The Balaban J connectivity index is 2.53. The van der Waals surface area contributed by atoms with E-state index >= 15 is 0 Å². The van der Waals surface area contributed by atoms with E-state index in [1.807, 2.05) is 26.8 Å². The predicted molar refractivity (Wildman–Crippen MR) is 160 cm³/mol. The Morgan fingerprint density at radius 2 is 1.62 bits per heavy atom. The number of Topliss-reactive ketones (excluding diaryl/α,β-unsaturated/α-hetero) is 1. The number of allylic oxidation sites excluding steroid dienone is 4. The molecule has 0 radical (unpaired) electrons. The van der Waals surface area contributed by atoms with Crippen molar-refractivity contribution in [1.82, 2.24) is 0 Å². The van der Waals surface area contributed by atoms with Crippen LogP contribution in [0.4, 0.5) is 0 Å². The van der Waals surface area contributed by atoms with Gasteiger partial charge in [0, 0.05) is 16.2 Å². The molecule has 5 heteroatoms. The molecule has 0 bridgehead atoms. The topological polar surface area (TPSA) is 75.0 Å². The summed E-state index contributed by atoms with van der Waals surface area (Å²) in [5, 5.41) is 9.58. The molecule has 0 aliphatic heterocycles. The van der Waals surface area contributed by atoms with E-state index in [9.17, 15) is 19.6 Å². The van der Waals surface area contributed by atoms with Gasteiger partial charge in [0.05, 0.1) is 5.57 Å². The second-order valence-corrected chi connectivity index (χ2v) is 15.6. The number of nitriles is 1. The predicted octanol–water partition coefficient (Wildman–Crippen LogP) is 9.17. The zero-order valence-corrected chi connectivity index (χ0v) is 27.2. The number of carbonyl (C=O) groups excluding carboxylic acids is 3. The highest BCUT2D eigenvalue weighted by molar-refractivity contribution is 6.64. The van der Waals surface area contributed by atoms with Crippen LogP contribution in [0, 0.1) is 49.7 Å². The first kappa shape index (κ1) is 33.5. The highest BCUT2D eigenvalue weighted by atomic mass is 35.5. The molecule has 1 fully saturated rings. The third-order valence-electron chi connectivity index (χ3n) is 11.0. The zero-order valence-electron chi connectivity index (χ0n) is 26.4. The van der Waals surface area contributed by atoms with Gasteiger partial charge in [-0.3, -0.25) is 14.4 Å². The van der Waals surface area contributed by atoms with Gasteiger partial charge in [0.15, 0.2) is 11.6 Å². The number of fused-ring (bicyclic) bond motifs is 1. The van der Waals surface area contributed by atoms with Gasteiger partial charge >= 0.3 is 0 Å². The van der Waals surface area contributed by atoms with Crippen LogP contribution in [-0.2, 0) is 14.4 Å². The SMILES string of the molecule is CCCC(C)(C)CC[C@@](C)(CCC(C)(C)[C@]1(C)CC[C@H]2C(C)(C)C(=O)C(C#N)=C[C@]2(C)/C1=C/C(C)=O)C(=O)Cl. The normalized spacial score (nSPS) is 29.7. The molecule has 218 valence electrons. The first-order valence-electron chi connectivity index (χ1n) is 14.7. The molecule has 0 aromatic carbocycles. The Morgan fingerprint density at radius 3 is 2.10 bits per heavy atom. The summed E-state index contributed by atoms with van der Waals surface area (Å²) in [6.07, 6.45) is 10.6. The van der Waals surface area contributed by atoms with Crippen LogP contribution < -0.4 is 0 Å².